The smallest absolute Gasteiger partial charge is 0.0127 e. The molecule has 1 aliphatic rings. The van der Waals surface area contributed by atoms with E-state index < -0.39 is 0 Å². The molecule has 0 bridgehead atoms. The molecule has 1 aliphatic carbocycles. The van der Waals surface area contributed by atoms with Crippen LogP contribution in [0.25, 0.3) is 0 Å². The van der Waals surface area contributed by atoms with E-state index in [4.69, 9.17) is 0 Å². The van der Waals surface area contributed by atoms with Crippen LogP contribution in [0.1, 0.15) is 52.4 Å². The van der Waals surface area contributed by atoms with Crippen LogP contribution in [-0.2, 0) is 0 Å². The molecule has 16 heavy (non-hydrogen) atoms. The van der Waals surface area contributed by atoms with Gasteiger partial charge in [0.2, 0.25) is 0 Å². The molecule has 1 nitrogen and oxygen atoms in total. The normalized spacial score (nSPS) is 19.5. The average Bonchev–Trinajstić information content (AvgIpc) is 2.28. The van der Waals surface area contributed by atoms with Crippen LogP contribution in [0.4, 0.5) is 0 Å². The molecule has 0 aliphatic heterocycles. The predicted octanol–water partition coefficient (Wildman–Crippen LogP) is 3.81. The Labute approximate surface area is 106 Å². The van der Waals surface area contributed by atoms with Crippen LogP contribution in [0.2, 0.25) is 0 Å². The number of nitrogens with one attached hydrogen (secondary N) is 1. The number of hydrogen-bond acceptors (Lipinski definition) is 2. The summed E-state index contributed by atoms with van der Waals surface area (Å²) in [6.07, 6.45) is 7.83. The monoisotopic (exact) mass is 241 g/mol. The zero-order valence-electron chi connectivity index (χ0n) is 11.1. The molecule has 2 unspecified atom stereocenters. The molecule has 2 atom stereocenters. The zero-order valence-corrected chi connectivity index (χ0v) is 11.9. The van der Waals surface area contributed by atoms with Gasteiger partial charge in [-0.3, -0.25) is 0 Å². The molecule has 0 aromatic heterocycles. The second-order valence-corrected chi connectivity index (χ2v) is 5.38. The van der Waals surface area contributed by atoms with Gasteiger partial charge in [0.25, 0.3) is 0 Å². The van der Waals surface area contributed by atoms with E-state index in [1.165, 1.54) is 38.5 Å². The van der Waals surface area contributed by atoms with E-state index >= 15 is 0 Å². The van der Waals surface area contributed by atoms with Gasteiger partial charge < -0.3 is 5.32 Å². The van der Waals surface area contributed by atoms with Gasteiger partial charge in [0.15, 0.2) is 0 Å². The van der Waals surface area contributed by atoms with Gasteiger partial charge in [0.1, 0.15) is 0 Å². The third-order valence-electron chi connectivity index (χ3n) is 3.98. The summed E-state index contributed by atoms with van der Waals surface area (Å²) in [5, 5.41) is 3.50. The van der Waals surface area contributed by atoms with Crippen LogP contribution >= 0.6 is 12.6 Å². The summed E-state index contributed by atoms with van der Waals surface area (Å²) in [5.74, 6) is 1.81. The number of allylic oxidation sites excluding steroid dienone is 1. The molecule has 0 fully saturated rings. The van der Waals surface area contributed by atoms with Gasteiger partial charge in [-0.15, -0.1) is 0 Å². The first kappa shape index (κ1) is 14.1. The SMILES string of the molecule is CCC(NC)C(CCCCS)C1=C(C)CC1. The summed E-state index contributed by atoms with van der Waals surface area (Å²) >= 11 is 4.30. The maximum Gasteiger partial charge on any atom is 0.0127 e. The van der Waals surface area contributed by atoms with E-state index in [1.54, 1.807) is 11.1 Å². The van der Waals surface area contributed by atoms with Gasteiger partial charge in [-0.2, -0.15) is 12.6 Å². The number of thiol groups is 1. The van der Waals surface area contributed by atoms with Gasteiger partial charge in [-0.05, 0) is 57.7 Å². The van der Waals surface area contributed by atoms with Crippen molar-refractivity contribution in [2.75, 3.05) is 12.8 Å². The first-order valence-corrected chi connectivity index (χ1v) is 7.34. The van der Waals surface area contributed by atoms with Crippen LogP contribution in [0.5, 0.6) is 0 Å². The molecule has 94 valence electrons. The summed E-state index contributed by atoms with van der Waals surface area (Å²) in [5.41, 5.74) is 3.41. The Hall–Kier alpha value is 0.0500. The molecule has 0 amide bonds. The molecule has 2 heteroatoms. The van der Waals surface area contributed by atoms with Crippen molar-refractivity contribution >= 4 is 12.6 Å². The molecular weight excluding hydrogens is 214 g/mol. The molecule has 0 saturated carbocycles. The Kier molecular flexibility index (Phi) is 6.52. The standard InChI is InChI=1S/C14H27NS/c1-4-14(15-3)13(7-5-6-10-16)12-9-8-11(12)2/h13-16H,4-10H2,1-3H3. The van der Waals surface area contributed by atoms with Crippen molar-refractivity contribution < 1.29 is 0 Å². The second kappa shape index (κ2) is 7.39. The minimum atomic E-state index is 0.671. The Bertz CT molecular complexity index is 231. The van der Waals surface area contributed by atoms with E-state index in [1.807, 2.05) is 0 Å². The van der Waals surface area contributed by atoms with Gasteiger partial charge in [-0.25, -0.2) is 0 Å². The maximum atomic E-state index is 4.30. The quantitative estimate of drug-likeness (QED) is 0.374. The minimum Gasteiger partial charge on any atom is -0.316 e. The molecule has 0 heterocycles. The van der Waals surface area contributed by atoms with E-state index in [0.717, 1.165) is 11.7 Å². The molecule has 0 radical (unpaired) electrons. The van der Waals surface area contributed by atoms with Crippen LogP contribution in [0, 0.1) is 5.92 Å². The van der Waals surface area contributed by atoms with Crippen LogP contribution in [0.15, 0.2) is 11.1 Å². The Balaban J connectivity index is 2.58. The molecular formula is C14H27NS. The molecule has 1 rings (SSSR count). The van der Waals surface area contributed by atoms with Crippen molar-refractivity contribution in [1.82, 2.24) is 5.32 Å². The lowest BCUT2D eigenvalue weighted by molar-refractivity contribution is 0.357. The molecule has 1 N–H and O–H groups in total. The van der Waals surface area contributed by atoms with E-state index in [2.05, 4.69) is 38.8 Å². The molecule has 0 aromatic rings. The van der Waals surface area contributed by atoms with Crippen molar-refractivity contribution in [3.63, 3.8) is 0 Å². The summed E-state index contributed by atoms with van der Waals surface area (Å²) in [6.45, 7) is 4.61. The fourth-order valence-corrected chi connectivity index (χ4v) is 3.03. The van der Waals surface area contributed by atoms with E-state index in [9.17, 15) is 0 Å². The van der Waals surface area contributed by atoms with Gasteiger partial charge in [0, 0.05) is 6.04 Å². The highest BCUT2D eigenvalue weighted by atomic mass is 32.1. The lowest BCUT2D eigenvalue weighted by atomic mass is 9.75. The number of hydrogen-bond donors (Lipinski definition) is 2. The largest absolute Gasteiger partial charge is 0.316 e. The van der Waals surface area contributed by atoms with Crippen LogP contribution in [-0.4, -0.2) is 18.8 Å². The van der Waals surface area contributed by atoms with Gasteiger partial charge in [-0.1, -0.05) is 24.5 Å². The lowest BCUT2D eigenvalue weighted by Gasteiger charge is -2.34. The number of rotatable bonds is 8. The van der Waals surface area contributed by atoms with Crippen LogP contribution in [0.3, 0.4) is 0 Å². The lowest BCUT2D eigenvalue weighted by Crippen LogP contribution is -2.35. The van der Waals surface area contributed by atoms with Gasteiger partial charge in [0.05, 0.1) is 0 Å². The topological polar surface area (TPSA) is 12.0 Å². The first-order chi connectivity index (χ1) is 7.74. The third-order valence-corrected chi connectivity index (χ3v) is 4.30. The van der Waals surface area contributed by atoms with Crippen molar-refractivity contribution in [3.05, 3.63) is 11.1 Å². The maximum absolute atomic E-state index is 4.30. The Morgan fingerprint density at radius 3 is 2.44 bits per heavy atom. The fraction of sp³-hybridized carbons (Fsp3) is 0.857. The summed E-state index contributed by atoms with van der Waals surface area (Å²) in [7, 11) is 2.11. The highest BCUT2D eigenvalue weighted by Gasteiger charge is 2.27. The molecule has 0 spiro atoms. The van der Waals surface area contributed by atoms with Crippen molar-refractivity contribution in [2.45, 2.75) is 58.4 Å². The molecule has 0 saturated heterocycles. The Morgan fingerprint density at radius 2 is 2.06 bits per heavy atom. The predicted molar refractivity (Wildman–Crippen MR) is 76.3 cm³/mol. The summed E-state index contributed by atoms with van der Waals surface area (Å²) in [6, 6.07) is 0.671. The number of unbranched alkanes of at least 4 members (excludes halogenated alkanes) is 1. The summed E-state index contributed by atoms with van der Waals surface area (Å²) < 4.78 is 0. The summed E-state index contributed by atoms with van der Waals surface area (Å²) in [4.78, 5) is 0. The second-order valence-electron chi connectivity index (χ2n) is 4.93. The van der Waals surface area contributed by atoms with Crippen molar-refractivity contribution in [1.29, 1.82) is 0 Å². The third kappa shape index (κ3) is 3.53. The highest BCUT2D eigenvalue weighted by Crippen LogP contribution is 2.38. The minimum absolute atomic E-state index is 0.671. The Morgan fingerprint density at radius 1 is 1.31 bits per heavy atom. The van der Waals surface area contributed by atoms with Crippen molar-refractivity contribution in [2.24, 2.45) is 5.92 Å². The average molecular weight is 241 g/mol. The first-order valence-electron chi connectivity index (χ1n) is 6.71. The van der Waals surface area contributed by atoms with E-state index in [0.29, 0.717) is 6.04 Å². The molecule has 0 aromatic carbocycles. The highest BCUT2D eigenvalue weighted by molar-refractivity contribution is 7.80. The van der Waals surface area contributed by atoms with Gasteiger partial charge >= 0.3 is 0 Å². The zero-order chi connectivity index (χ0) is 12.0. The van der Waals surface area contributed by atoms with E-state index in [-0.39, 0.29) is 0 Å². The fourth-order valence-electron chi connectivity index (χ4n) is 2.81. The van der Waals surface area contributed by atoms with Crippen molar-refractivity contribution in [3.8, 4) is 0 Å². The van der Waals surface area contributed by atoms with Crippen LogP contribution < -0.4 is 5.32 Å².